The molecule has 0 aliphatic heterocycles. The Kier molecular flexibility index (Phi) is 6.01. The van der Waals surface area contributed by atoms with E-state index in [1.807, 2.05) is 12.1 Å². The van der Waals surface area contributed by atoms with Crippen LogP contribution in [-0.4, -0.2) is 43.6 Å². The Bertz CT molecular complexity index is 472. The second-order valence-electron chi connectivity index (χ2n) is 6.25. The third-order valence-electron chi connectivity index (χ3n) is 4.19. The highest BCUT2D eigenvalue weighted by Gasteiger charge is 2.18. The summed E-state index contributed by atoms with van der Waals surface area (Å²) >= 11 is 0. The Morgan fingerprint density at radius 3 is 2.62 bits per heavy atom. The van der Waals surface area contributed by atoms with Crippen molar-refractivity contribution in [3.05, 3.63) is 23.9 Å². The van der Waals surface area contributed by atoms with E-state index in [1.165, 1.54) is 32.1 Å². The summed E-state index contributed by atoms with van der Waals surface area (Å²) < 4.78 is 0. The van der Waals surface area contributed by atoms with Crippen LogP contribution in [0.25, 0.3) is 0 Å². The third kappa shape index (κ3) is 5.02. The summed E-state index contributed by atoms with van der Waals surface area (Å²) in [5.74, 6) is 1.72. The van der Waals surface area contributed by atoms with Gasteiger partial charge in [0.2, 0.25) is 0 Å². The molecular weight excluding hydrogens is 260 g/mol. The lowest BCUT2D eigenvalue weighted by Crippen LogP contribution is -2.36. The van der Waals surface area contributed by atoms with E-state index in [0.29, 0.717) is 5.69 Å². The number of rotatable bonds is 6. The molecule has 0 spiro atoms. The van der Waals surface area contributed by atoms with E-state index in [2.05, 4.69) is 34.9 Å². The smallest absolute Gasteiger partial charge is 0.142 e. The van der Waals surface area contributed by atoms with Crippen LogP contribution in [0.2, 0.25) is 0 Å². The molecule has 0 unspecified atom stereocenters. The minimum atomic E-state index is 0.506. The fourth-order valence-corrected chi connectivity index (χ4v) is 2.96. The molecule has 1 heterocycles. The maximum atomic E-state index is 9.04. The normalized spacial score (nSPS) is 15.9. The van der Waals surface area contributed by atoms with Crippen LogP contribution in [0.15, 0.2) is 18.2 Å². The lowest BCUT2D eigenvalue weighted by atomic mass is 9.89. The van der Waals surface area contributed by atoms with Gasteiger partial charge in [-0.3, -0.25) is 0 Å². The second-order valence-corrected chi connectivity index (χ2v) is 6.25. The van der Waals surface area contributed by atoms with Gasteiger partial charge in [0.15, 0.2) is 0 Å². The minimum Gasteiger partial charge on any atom is -0.355 e. The van der Waals surface area contributed by atoms with Crippen molar-refractivity contribution in [3.8, 4) is 6.07 Å². The Hall–Kier alpha value is -1.60. The SMILES string of the molecule is CN(C)CCN(CC1CCCCC1)c1cccc(C#N)n1. The van der Waals surface area contributed by atoms with Crippen molar-refractivity contribution in [2.45, 2.75) is 32.1 Å². The first kappa shape index (κ1) is 15.8. The monoisotopic (exact) mass is 286 g/mol. The zero-order valence-electron chi connectivity index (χ0n) is 13.3. The van der Waals surface area contributed by atoms with Crippen LogP contribution in [0, 0.1) is 17.2 Å². The van der Waals surface area contributed by atoms with Crippen LogP contribution in [0.1, 0.15) is 37.8 Å². The number of nitriles is 1. The van der Waals surface area contributed by atoms with Gasteiger partial charge < -0.3 is 9.80 Å². The summed E-state index contributed by atoms with van der Waals surface area (Å²) in [6, 6.07) is 7.88. The molecule has 114 valence electrons. The largest absolute Gasteiger partial charge is 0.355 e. The van der Waals surface area contributed by atoms with Crippen LogP contribution < -0.4 is 4.90 Å². The predicted molar refractivity (Wildman–Crippen MR) is 86.3 cm³/mol. The minimum absolute atomic E-state index is 0.506. The molecule has 1 fully saturated rings. The van der Waals surface area contributed by atoms with Crippen LogP contribution in [0.4, 0.5) is 5.82 Å². The van der Waals surface area contributed by atoms with Gasteiger partial charge in [-0.1, -0.05) is 25.3 Å². The zero-order chi connectivity index (χ0) is 15.1. The Labute approximate surface area is 128 Å². The van der Waals surface area contributed by atoms with E-state index in [1.54, 1.807) is 6.07 Å². The molecule has 4 heteroatoms. The summed E-state index contributed by atoms with van der Waals surface area (Å²) in [5.41, 5.74) is 0.506. The number of anilines is 1. The molecule has 4 nitrogen and oxygen atoms in total. The quantitative estimate of drug-likeness (QED) is 0.806. The van der Waals surface area contributed by atoms with Crippen LogP contribution in [-0.2, 0) is 0 Å². The average Bonchev–Trinajstić information content (AvgIpc) is 2.52. The van der Waals surface area contributed by atoms with Crippen molar-refractivity contribution < 1.29 is 0 Å². The van der Waals surface area contributed by atoms with Crippen LogP contribution >= 0.6 is 0 Å². The van der Waals surface area contributed by atoms with Gasteiger partial charge in [-0.2, -0.15) is 5.26 Å². The fraction of sp³-hybridized carbons (Fsp3) is 0.647. The summed E-state index contributed by atoms with van der Waals surface area (Å²) in [6.45, 7) is 3.03. The van der Waals surface area contributed by atoms with E-state index >= 15 is 0 Å². The third-order valence-corrected chi connectivity index (χ3v) is 4.19. The highest BCUT2D eigenvalue weighted by Crippen LogP contribution is 2.26. The molecule has 0 saturated heterocycles. The Balaban J connectivity index is 2.08. The number of likely N-dealkylation sites (N-methyl/N-ethyl adjacent to an activating group) is 1. The Morgan fingerprint density at radius 1 is 1.19 bits per heavy atom. The maximum absolute atomic E-state index is 9.04. The van der Waals surface area contributed by atoms with Crippen LogP contribution in [0.3, 0.4) is 0 Å². The molecule has 1 aliphatic carbocycles. The number of hydrogen-bond acceptors (Lipinski definition) is 4. The molecule has 1 aromatic rings. The molecule has 0 radical (unpaired) electrons. The average molecular weight is 286 g/mol. The highest BCUT2D eigenvalue weighted by atomic mass is 15.2. The first-order chi connectivity index (χ1) is 10.2. The molecule has 0 amide bonds. The van der Waals surface area contributed by atoms with Crippen LogP contribution in [0.5, 0.6) is 0 Å². The molecule has 1 aliphatic rings. The van der Waals surface area contributed by atoms with Crippen molar-refractivity contribution in [1.82, 2.24) is 9.88 Å². The fourth-order valence-electron chi connectivity index (χ4n) is 2.96. The molecule has 0 aromatic carbocycles. The number of aromatic nitrogens is 1. The zero-order valence-corrected chi connectivity index (χ0v) is 13.3. The molecular formula is C17H26N4. The second kappa shape index (κ2) is 7.99. The van der Waals surface area contributed by atoms with Gasteiger partial charge in [0.1, 0.15) is 17.6 Å². The van der Waals surface area contributed by atoms with Crippen molar-refractivity contribution in [3.63, 3.8) is 0 Å². The molecule has 0 bridgehead atoms. The van der Waals surface area contributed by atoms with Crippen molar-refractivity contribution in [2.75, 3.05) is 38.6 Å². The Morgan fingerprint density at radius 2 is 1.95 bits per heavy atom. The first-order valence-corrected chi connectivity index (χ1v) is 7.96. The van der Waals surface area contributed by atoms with Gasteiger partial charge in [-0.15, -0.1) is 0 Å². The van der Waals surface area contributed by atoms with Crippen molar-refractivity contribution in [2.24, 2.45) is 5.92 Å². The van der Waals surface area contributed by atoms with Gasteiger partial charge in [-0.05, 0) is 45.0 Å². The summed E-state index contributed by atoms with van der Waals surface area (Å²) in [5, 5.41) is 9.04. The summed E-state index contributed by atoms with van der Waals surface area (Å²) in [7, 11) is 4.19. The molecule has 1 aromatic heterocycles. The molecule has 0 atom stereocenters. The maximum Gasteiger partial charge on any atom is 0.142 e. The highest BCUT2D eigenvalue weighted by molar-refractivity contribution is 5.41. The van der Waals surface area contributed by atoms with Gasteiger partial charge in [-0.25, -0.2) is 4.98 Å². The van der Waals surface area contributed by atoms with Gasteiger partial charge in [0, 0.05) is 19.6 Å². The van der Waals surface area contributed by atoms with E-state index in [-0.39, 0.29) is 0 Å². The summed E-state index contributed by atoms with van der Waals surface area (Å²) in [6.07, 6.45) is 6.76. The van der Waals surface area contributed by atoms with Crippen molar-refractivity contribution in [1.29, 1.82) is 5.26 Å². The lowest BCUT2D eigenvalue weighted by Gasteiger charge is -2.31. The predicted octanol–water partition coefficient (Wildman–Crippen LogP) is 2.90. The first-order valence-electron chi connectivity index (χ1n) is 7.96. The topological polar surface area (TPSA) is 43.2 Å². The number of pyridine rings is 1. The number of nitrogens with zero attached hydrogens (tertiary/aromatic N) is 4. The summed E-state index contributed by atoms with van der Waals surface area (Å²) in [4.78, 5) is 9.04. The molecule has 2 rings (SSSR count). The van der Waals surface area contributed by atoms with E-state index in [0.717, 1.165) is 31.4 Å². The molecule has 21 heavy (non-hydrogen) atoms. The number of hydrogen-bond donors (Lipinski definition) is 0. The van der Waals surface area contributed by atoms with Gasteiger partial charge >= 0.3 is 0 Å². The van der Waals surface area contributed by atoms with Gasteiger partial charge in [0.25, 0.3) is 0 Å². The van der Waals surface area contributed by atoms with Gasteiger partial charge in [0.05, 0.1) is 0 Å². The van der Waals surface area contributed by atoms with E-state index < -0.39 is 0 Å². The van der Waals surface area contributed by atoms with Crippen molar-refractivity contribution >= 4 is 5.82 Å². The molecule has 0 N–H and O–H groups in total. The van der Waals surface area contributed by atoms with E-state index in [9.17, 15) is 0 Å². The standard InChI is InChI=1S/C17H26N4/c1-20(2)11-12-21(14-15-7-4-3-5-8-15)17-10-6-9-16(13-18)19-17/h6,9-10,15H,3-5,7-8,11-12,14H2,1-2H3. The molecule has 1 saturated carbocycles. The lowest BCUT2D eigenvalue weighted by molar-refractivity contribution is 0.348. The van der Waals surface area contributed by atoms with E-state index in [4.69, 9.17) is 5.26 Å².